The Labute approximate surface area is 155 Å². The monoisotopic (exact) mass is 361 g/mol. The Morgan fingerprint density at radius 1 is 0.926 bits per heavy atom. The van der Waals surface area contributed by atoms with Crippen molar-refractivity contribution in [3.8, 4) is 5.75 Å². The predicted octanol–water partition coefficient (Wildman–Crippen LogP) is 4.94. The van der Waals surface area contributed by atoms with E-state index in [0.717, 1.165) is 0 Å². The zero-order valence-electron chi connectivity index (χ0n) is 14.3. The Balaban J connectivity index is 1.81. The summed E-state index contributed by atoms with van der Waals surface area (Å²) < 4.78 is 18.4. The number of carbonyl (C=O) groups excluding carboxylic acids is 2. The van der Waals surface area contributed by atoms with E-state index in [1.165, 1.54) is 24.3 Å². The summed E-state index contributed by atoms with van der Waals surface area (Å²) in [5, 5.41) is 2.73. The number of ether oxygens (including phenoxy) is 1. The summed E-state index contributed by atoms with van der Waals surface area (Å²) >= 11 is 0. The van der Waals surface area contributed by atoms with Crippen LogP contribution in [0.4, 0.5) is 10.1 Å². The fraction of sp³-hybridized carbons (Fsp3) is 0. The molecule has 0 spiro atoms. The summed E-state index contributed by atoms with van der Waals surface area (Å²) in [4.78, 5) is 24.6. The third-order valence-electron chi connectivity index (χ3n) is 3.82. The molecule has 3 aromatic carbocycles. The predicted molar refractivity (Wildman–Crippen MR) is 102 cm³/mol. The Kier molecular flexibility index (Phi) is 5.42. The van der Waals surface area contributed by atoms with Crippen LogP contribution >= 0.6 is 0 Å². The van der Waals surface area contributed by atoms with Gasteiger partial charge in [-0.2, -0.15) is 0 Å². The van der Waals surface area contributed by atoms with Crippen LogP contribution in [0.15, 0.2) is 79.4 Å². The van der Waals surface area contributed by atoms with Crippen LogP contribution in [0.2, 0.25) is 0 Å². The third-order valence-corrected chi connectivity index (χ3v) is 3.82. The normalized spacial score (nSPS) is 10.1. The van der Waals surface area contributed by atoms with E-state index in [9.17, 15) is 14.0 Å². The highest BCUT2D eigenvalue weighted by atomic mass is 19.1. The Morgan fingerprint density at radius 2 is 1.63 bits per heavy atom. The second-order valence-electron chi connectivity index (χ2n) is 5.67. The van der Waals surface area contributed by atoms with Crippen LogP contribution in [-0.2, 0) is 0 Å². The number of rotatable bonds is 5. The molecule has 0 aliphatic rings. The molecule has 3 aromatic rings. The molecule has 0 aliphatic carbocycles. The molecule has 4 nitrogen and oxygen atoms in total. The fourth-order valence-electron chi connectivity index (χ4n) is 2.42. The number of benzene rings is 3. The van der Waals surface area contributed by atoms with Gasteiger partial charge in [-0.05, 0) is 54.1 Å². The number of nitrogens with one attached hydrogen (secondary N) is 1. The van der Waals surface area contributed by atoms with Crippen molar-refractivity contribution in [3.05, 3.63) is 102 Å². The number of amides is 1. The van der Waals surface area contributed by atoms with E-state index in [-0.39, 0.29) is 5.75 Å². The first-order valence-electron chi connectivity index (χ1n) is 8.17. The van der Waals surface area contributed by atoms with Gasteiger partial charge in [0.15, 0.2) is 0 Å². The van der Waals surface area contributed by atoms with Crippen molar-refractivity contribution in [3.63, 3.8) is 0 Å². The molecule has 1 amide bonds. The standard InChI is InChI=1S/C22H16FNO3/c1-2-15-10-13-19(27-22(26)17-6-4-3-5-7-17)14-20(15)24-21(25)16-8-11-18(23)12-9-16/h2-14H,1H2,(H,24,25). The van der Waals surface area contributed by atoms with Crippen molar-refractivity contribution in [2.75, 3.05) is 5.32 Å². The molecule has 0 heterocycles. The molecule has 0 saturated carbocycles. The molecule has 3 rings (SSSR count). The van der Waals surface area contributed by atoms with Crippen LogP contribution in [0.25, 0.3) is 6.08 Å². The van der Waals surface area contributed by atoms with Gasteiger partial charge < -0.3 is 10.1 Å². The Hall–Kier alpha value is -3.73. The molecule has 0 unspecified atom stereocenters. The van der Waals surface area contributed by atoms with E-state index in [4.69, 9.17) is 4.74 Å². The van der Waals surface area contributed by atoms with Crippen molar-refractivity contribution in [2.45, 2.75) is 0 Å². The van der Waals surface area contributed by atoms with Crippen LogP contribution in [-0.4, -0.2) is 11.9 Å². The molecule has 0 fully saturated rings. The van der Waals surface area contributed by atoms with Crippen LogP contribution in [0.5, 0.6) is 5.75 Å². The van der Waals surface area contributed by atoms with Gasteiger partial charge in [-0.3, -0.25) is 4.79 Å². The summed E-state index contributed by atoms with van der Waals surface area (Å²) in [6, 6.07) is 18.6. The van der Waals surface area contributed by atoms with E-state index in [2.05, 4.69) is 11.9 Å². The van der Waals surface area contributed by atoms with E-state index >= 15 is 0 Å². The van der Waals surface area contributed by atoms with E-state index < -0.39 is 17.7 Å². The van der Waals surface area contributed by atoms with Gasteiger partial charge in [0.2, 0.25) is 0 Å². The van der Waals surface area contributed by atoms with Gasteiger partial charge in [0.1, 0.15) is 11.6 Å². The minimum atomic E-state index is -0.502. The average Bonchev–Trinajstić information content (AvgIpc) is 2.69. The third kappa shape index (κ3) is 4.46. The summed E-state index contributed by atoms with van der Waals surface area (Å²) in [6.45, 7) is 3.71. The number of carbonyl (C=O) groups is 2. The second kappa shape index (κ2) is 8.10. The van der Waals surface area contributed by atoms with Crippen molar-refractivity contribution < 1.29 is 18.7 Å². The smallest absolute Gasteiger partial charge is 0.343 e. The number of hydrogen-bond donors (Lipinski definition) is 1. The molecule has 0 aliphatic heterocycles. The lowest BCUT2D eigenvalue weighted by molar-refractivity contribution is 0.0735. The van der Waals surface area contributed by atoms with Gasteiger partial charge >= 0.3 is 5.97 Å². The van der Waals surface area contributed by atoms with Gasteiger partial charge in [0.05, 0.1) is 11.3 Å². The van der Waals surface area contributed by atoms with Gasteiger partial charge in [-0.25, -0.2) is 9.18 Å². The van der Waals surface area contributed by atoms with E-state index in [0.29, 0.717) is 22.4 Å². The Bertz CT molecular complexity index is 982. The zero-order chi connectivity index (χ0) is 19.2. The molecule has 134 valence electrons. The van der Waals surface area contributed by atoms with Crippen LogP contribution in [0, 0.1) is 5.82 Å². The highest BCUT2D eigenvalue weighted by Gasteiger charge is 2.12. The van der Waals surface area contributed by atoms with Crippen molar-refractivity contribution in [2.24, 2.45) is 0 Å². The molecule has 0 aromatic heterocycles. The van der Waals surface area contributed by atoms with Crippen molar-refractivity contribution in [1.29, 1.82) is 0 Å². The van der Waals surface area contributed by atoms with Crippen LogP contribution < -0.4 is 10.1 Å². The van der Waals surface area contributed by atoms with Gasteiger partial charge in [0, 0.05) is 11.6 Å². The molecule has 27 heavy (non-hydrogen) atoms. The number of hydrogen-bond acceptors (Lipinski definition) is 3. The lowest BCUT2D eigenvalue weighted by Gasteiger charge is -2.11. The van der Waals surface area contributed by atoms with Crippen molar-refractivity contribution >= 4 is 23.6 Å². The SMILES string of the molecule is C=Cc1ccc(OC(=O)c2ccccc2)cc1NC(=O)c1ccc(F)cc1. The molecule has 0 radical (unpaired) electrons. The maximum atomic E-state index is 13.0. The average molecular weight is 361 g/mol. The second-order valence-corrected chi connectivity index (χ2v) is 5.67. The number of esters is 1. The van der Waals surface area contributed by atoms with Gasteiger partial charge in [-0.1, -0.05) is 30.9 Å². The molecule has 0 atom stereocenters. The first kappa shape index (κ1) is 18.1. The Morgan fingerprint density at radius 3 is 2.30 bits per heavy atom. The molecule has 5 heteroatoms. The minimum absolute atomic E-state index is 0.281. The quantitative estimate of drug-likeness (QED) is 0.517. The lowest BCUT2D eigenvalue weighted by atomic mass is 10.1. The summed E-state index contributed by atoms with van der Waals surface area (Å²) in [6.07, 6.45) is 1.57. The molecule has 1 N–H and O–H groups in total. The molecule has 0 saturated heterocycles. The molecular formula is C22H16FNO3. The minimum Gasteiger partial charge on any atom is -0.423 e. The summed E-state index contributed by atoms with van der Waals surface area (Å²) in [7, 11) is 0. The first-order chi connectivity index (χ1) is 13.1. The maximum Gasteiger partial charge on any atom is 0.343 e. The van der Waals surface area contributed by atoms with Gasteiger partial charge in [-0.15, -0.1) is 0 Å². The summed E-state index contributed by atoms with van der Waals surface area (Å²) in [5.41, 5.74) is 1.81. The fourth-order valence-corrected chi connectivity index (χ4v) is 2.42. The van der Waals surface area contributed by atoms with E-state index in [1.807, 2.05) is 0 Å². The number of halogens is 1. The first-order valence-corrected chi connectivity index (χ1v) is 8.17. The van der Waals surface area contributed by atoms with Crippen molar-refractivity contribution in [1.82, 2.24) is 0 Å². The topological polar surface area (TPSA) is 55.4 Å². The van der Waals surface area contributed by atoms with Gasteiger partial charge in [0.25, 0.3) is 5.91 Å². The molecule has 0 bridgehead atoms. The number of anilines is 1. The van der Waals surface area contributed by atoms with Crippen LogP contribution in [0.3, 0.4) is 0 Å². The largest absolute Gasteiger partial charge is 0.423 e. The van der Waals surface area contributed by atoms with Crippen LogP contribution in [0.1, 0.15) is 26.3 Å². The zero-order valence-corrected chi connectivity index (χ0v) is 14.3. The van der Waals surface area contributed by atoms with E-state index in [1.54, 1.807) is 54.6 Å². The molecular weight excluding hydrogens is 345 g/mol. The highest BCUT2D eigenvalue weighted by Crippen LogP contribution is 2.25. The summed E-state index contributed by atoms with van der Waals surface area (Å²) in [5.74, 6) is -1.06. The highest BCUT2D eigenvalue weighted by molar-refractivity contribution is 6.05. The lowest BCUT2D eigenvalue weighted by Crippen LogP contribution is -2.13. The maximum absolute atomic E-state index is 13.0.